The molecule has 0 radical (unpaired) electrons. The van der Waals surface area contributed by atoms with Crippen LogP contribution in [0, 0.1) is 0 Å². The largest absolute Gasteiger partial charge is 0.510 e. The van der Waals surface area contributed by atoms with Gasteiger partial charge in [0.05, 0.1) is 0 Å². The SMILES string of the molecule is CC1CC(OC(=O)OC(C)(C)C)N(C)C(=O)N1C. The lowest BCUT2D eigenvalue weighted by Gasteiger charge is -2.40. The minimum absolute atomic E-state index is 0.0288. The Labute approximate surface area is 108 Å². The molecule has 0 saturated carbocycles. The van der Waals surface area contributed by atoms with Gasteiger partial charge in [0.1, 0.15) is 5.60 Å². The topological polar surface area (TPSA) is 59.1 Å². The van der Waals surface area contributed by atoms with Gasteiger partial charge >= 0.3 is 12.2 Å². The van der Waals surface area contributed by atoms with Gasteiger partial charge in [-0.15, -0.1) is 0 Å². The number of rotatable bonds is 1. The minimum Gasteiger partial charge on any atom is -0.429 e. The number of urea groups is 1. The predicted octanol–water partition coefficient (Wildman–Crippen LogP) is 2.04. The van der Waals surface area contributed by atoms with Gasteiger partial charge in [-0.3, -0.25) is 4.90 Å². The van der Waals surface area contributed by atoms with Crippen LogP contribution >= 0.6 is 0 Å². The van der Waals surface area contributed by atoms with E-state index < -0.39 is 18.0 Å². The van der Waals surface area contributed by atoms with Crippen LogP contribution in [0.1, 0.15) is 34.1 Å². The molecule has 2 unspecified atom stereocenters. The van der Waals surface area contributed by atoms with Crippen LogP contribution in [0.15, 0.2) is 0 Å². The van der Waals surface area contributed by atoms with E-state index in [9.17, 15) is 9.59 Å². The monoisotopic (exact) mass is 258 g/mol. The highest BCUT2D eigenvalue weighted by Crippen LogP contribution is 2.21. The van der Waals surface area contributed by atoms with E-state index in [4.69, 9.17) is 9.47 Å². The van der Waals surface area contributed by atoms with E-state index in [1.807, 2.05) is 6.92 Å². The molecule has 0 bridgehead atoms. The highest BCUT2D eigenvalue weighted by molar-refractivity contribution is 5.75. The Balaban J connectivity index is 2.62. The molecule has 0 spiro atoms. The van der Waals surface area contributed by atoms with Crippen LogP contribution < -0.4 is 0 Å². The fourth-order valence-electron chi connectivity index (χ4n) is 1.68. The van der Waals surface area contributed by atoms with Crippen LogP contribution in [0.2, 0.25) is 0 Å². The fraction of sp³-hybridized carbons (Fsp3) is 0.833. The fourth-order valence-corrected chi connectivity index (χ4v) is 1.68. The van der Waals surface area contributed by atoms with Gasteiger partial charge in [-0.05, 0) is 27.7 Å². The third kappa shape index (κ3) is 3.51. The third-order valence-corrected chi connectivity index (χ3v) is 2.86. The Morgan fingerprint density at radius 1 is 1.28 bits per heavy atom. The molecule has 1 aliphatic rings. The van der Waals surface area contributed by atoms with Crippen LogP contribution in [0.4, 0.5) is 9.59 Å². The molecule has 6 nitrogen and oxygen atoms in total. The third-order valence-electron chi connectivity index (χ3n) is 2.86. The lowest BCUT2D eigenvalue weighted by Crippen LogP contribution is -2.56. The molecule has 1 fully saturated rings. The number of amides is 2. The van der Waals surface area contributed by atoms with Crippen LogP contribution in [0.3, 0.4) is 0 Å². The number of hydrogen-bond donors (Lipinski definition) is 0. The van der Waals surface area contributed by atoms with Crippen molar-refractivity contribution in [1.82, 2.24) is 9.80 Å². The Hall–Kier alpha value is -1.46. The van der Waals surface area contributed by atoms with Gasteiger partial charge in [-0.25, -0.2) is 9.59 Å². The number of hydrogen-bond acceptors (Lipinski definition) is 4. The first-order valence-corrected chi connectivity index (χ1v) is 6.01. The average Bonchev–Trinajstić information content (AvgIpc) is 2.20. The molecule has 0 aromatic heterocycles. The predicted molar refractivity (Wildman–Crippen MR) is 66.1 cm³/mol. The van der Waals surface area contributed by atoms with Crippen molar-refractivity contribution in [2.45, 2.75) is 52.0 Å². The zero-order valence-corrected chi connectivity index (χ0v) is 11.9. The molecule has 2 atom stereocenters. The van der Waals surface area contributed by atoms with Crippen molar-refractivity contribution in [1.29, 1.82) is 0 Å². The van der Waals surface area contributed by atoms with Crippen molar-refractivity contribution < 1.29 is 19.1 Å². The maximum Gasteiger partial charge on any atom is 0.510 e. The summed E-state index contributed by atoms with van der Waals surface area (Å²) in [4.78, 5) is 26.4. The second-order valence-corrected chi connectivity index (χ2v) is 5.63. The van der Waals surface area contributed by atoms with Crippen molar-refractivity contribution >= 4 is 12.2 Å². The summed E-state index contributed by atoms with van der Waals surface area (Å²) in [5.74, 6) is 0. The van der Waals surface area contributed by atoms with Crippen LogP contribution in [-0.2, 0) is 9.47 Å². The molecular weight excluding hydrogens is 236 g/mol. The number of ether oxygens (including phenoxy) is 2. The van der Waals surface area contributed by atoms with E-state index in [2.05, 4.69) is 0 Å². The summed E-state index contributed by atoms with van der Waals surface area (Å²) in [7, 11) is 3.34. The highest BCUT2D eigenvalue weighted by atomic mass is 16.7. The Bertz CT molecular complexity index is 337. The van der Waals surface area contributed by atoms with E-state index in [0.29, 0.717) is 6.42 Å². The number of nitrogens with zero attached hydrogens (tertiary/aromatic N) is 2. The summed E-state index contributed by atoms with van der Waals surface area (Å²) < 4.78 is 10.3. The van der Waals surface area contributed by atoms with E-state index in [1.165, 1.54) is 4.90 Å². The molecule has 2 amide bonds. The van der Waals surface area contributed by atoms with E-state index in [0.717, 1.165) is 0 Å². The van der Waals surface area contributed by atoms with Gasteiger partial charge < -0.3 is 14.4 Å². The molecule has 0 aliphatic carbocycles. The van der Waals surface area contributed by atoms with Crippen molar-refractivity contribution in [3.8, 4) is 0 Å². The first-order valence-electron chi connectivity index (χ1n) is 6.01. The molecule has 1 saturated heterocycles. The quantitative estimate of drug-likeness (QED) is 0.675. The Morgan fingerprint density at radius 2 is 1.83 bits per heavy atom. The average molecular weight is 258 g/mol. The first kappa shape index (κ1) is 14.6. The van der Waals surface area contributed by atoms with E-state index in [-0.39, 0.29) is 12.1 Å². The maximum absolute atomic E-state index is 11.8. The lowest BCUT2D eigenvalue weighted by atomic mass is 10.1. The van der Waals surface area contributed by atoms with Gasteiger partial charge in [0, 0.05) is 26.6 Å². The minimum atomic E-state index is -0.746. The highest BCUT2D eigenvalue weighted by Gasteiger charge is 2.36. The van der Waals surface area contributed by atoms with Crippen LogP contribution in [0.5, 0.6) is 0 Å². The zero-order chi connectivity index (χ0) is 14.1. The van der Waals surface area contributed by atoms with Gasteiger partial charge in [0.2, 0.25) is 0 Å². The summed E-state index contributed by atoms with van der Waals surface area (Å²) in [5.41, 5.74) is -0.600. The molecular formula is C12H22N2O4. The van der Waals surface area contributed by atoms with Crippen molar-refractivity contribution in [3.63, 3.8) is 0 Å². The van der Waals surface area contributed by atoms with Crippen molar-refractivity contribution in [2.24, 2.45) is 0 Å². The van der Waals surface area contributed by atoms with Gasteiger partial charge in [-0.1, -0.05) is 0 Å². The summed E-state index contributed by atoms with van der Waals surface area (Å²) in [6, 6.07) is -0.136. The molecule has 6 heteroatoms. The molecule has 0 aromatic carbocycles. The van der Waals surface area contributed by atoms with Gasteiger partial charge in [0.25, 0.3) is 0 Å². The molecule has 1 aliphatic heterocycles. The number of carbonyl (C=O) groups excluding carboxylic acids is 2. The van der Waals surface area contributed by atoms with E-state index in [1.54, 1.807) is 39.8 Å². The standard InChI is InChI=1S/C12H22N2O4/c1-8-7-9(14(6)10(15)13(8)5)17-11(16)18-12(2,3)4/h8-9H,7H2,1-6H3. The Morgan fingerprint density at radius 3 is 2.33 bits per heavy atom. The summed E-state index contributed by atoms with van der Waals surface area (Å²) in [6.07, 6.45) is -0.750. The molecule has 0 N–H and O–H groups in total. The number of carbonyl (C=O) groups is 2. The summed E-state index contributed by atoms with van der Waals surface area (Å²) >= 11 is 0. The molecule has 1 rings (SSSR count). The molecule has 104 valence electrons. The smallest absolute Gasteiger partial charge is 0.429 e. The zero-order valence-electron chi connectivity index (χ0n) is 11.9. The Kier molecular flexibility index (Phi) is 4.09. The van der Waals surface area contributed by atoms with Crippen molar-refractivity contribution in [2.75, 3.05) is 14.1 Å². The molecule has 0 aromatic rings. The van der Waals surface area contributed by atoms with Gasteiger partial charge in [0.15, 0.2) is 6.23 Å². The maximum atomic E-state index is 11.8. The van der Waals surface area contributed by atoms with Gasteiger partial charge in [-0.2, -0.15) is 0 Å². The van der Waals surface area contributed by atoms with Crippen LogP contribution in [-0.4, -0.2) is 54.0 Å². The second kappa shape index (κ2) is 5.04. The molecule has 1 heterocycles. The summed E-state index contributed by atoms with van der Waals surface area (Å²) in [6.45, 7) is 7.21. The normalized spacial score (nSPS) is 25.1. The van der Waals surface area contributed by atoms with Crippen molar-refractivity contribution in [3.05, 3.63) is 0 Å². The second-order valence-electron chi connectivity index (χ2n) is 5.63. The van der Waals surface area contributed by atoms with Crippen LogP contribution in [0.25, 0.3) is 0 Å². The first-order chi connectivity index (χ1) is 8.11. The van der Waals surface area contributed by atoms with E-state index >= 15 is 0 Å². The summed E-state index contributed by atoms with van der Waals surface area (Å²) in [5, 5.41) is 0. The lowest BCUT2D eigenvalue weighted by molar-refractivity contribution is -0.0763. The molecule has 18 heavy (non-hydrogen) atoms.